The zero-order chi connectivity index (χ0) is 25.4. The number of piperidine rings is 1. The first-order valence-corrected chi connectivity index (χ1v) is 13.7. The van der Waals surface area contributed by atoms with Crippen molar-refractivity contribution in [1.29, 1.82) is 0 Å². The standard InChI is InChI=1S/C29H42N4O3/c1-23(2)28-30-16-20-33(28)17-12-27(35)32-18-14-29(15-19-32)13-6-5-9-24-8-3-4-10-25(24)36-21-7-11-26(34)31-22-29/h3-4,8,10,16,20,23H,5-7,9,11-15,17-19,21-22H2,1-2H3,(H,31,34). The minimum absolute atomic E-state index is 0.0712. The Balaban J connectivity index is 1.33. The molecule has 2 amide bonds. The number of hydrogen-bond donors (Lipinski definition) is 1. The van der Waals surface area contributed by atoms with Crippen LogP contribution in [0.15, 0.2) is 36.7 Å². The lowest BCUT2D eigenvalue weighted by Crippen LogP contribution is -2.48. The molecule has 0 unspecified atom stereocenters. The molecule has 1 aromatic heterocycles. The Kier molecular flexibility index (Phi) is 9.05. The summed E-state index contributed by atoms with van der Waals surface area (Å²) in [5.74, 6) is 2.64. The van der Waals surface area contributed by atoms with Gasteiger partial charge in [0.1, 0.15) is 11.6 Å². The van der Waals surface area contributed by atoms with Gasteiger partial charge in [0.15, 0.2) is 0 Å². The number of amides is 2. The number of para-hydroxylation sites is 1. The van der Waals surface area contributed by atoms with E-state index in [0.29, 0.717) is 44.9 Å². The number of fused-ring (bicyclic) bond motifs is 1. The summed E-state index contributed by atoms with van der Waals surface area (Å²) in [5, 5.41) is 3.21. The zero-order valence-corrected chi connectivity index (χ0v) is 22.0. The van der Waals surface area contributed by atoms with Crippen molar-refractivity contribution in [1.82, 2.24) is 19.8 Å². The molecule has 2 aromatic rings. The Morgan fingerprint density at radius 3 is 2.72 bits per heavy atom. The van der Waals surface area contributed by atoms with Gasteiger partial charge in [0.2, 0.25) is 11.8 Å². The molecule has 0 bridgehead atoms. The number of imidazole rings is 1. The van der Waals surface area contributed by atoms with Crippen LogP contribution in [0.2, 0.25) is 0 Å². The van der Waals surface area contributed by atoms with Gasteiger partial charge in [-0.1, -0.05) is 38.5 Å². The minimum atomic E-state index is 0.0712. The van der Waals surface area contributed by atoms with Crippen molar-refractivity contribution in [3.05, 3.63) is 48.0 Å². The second kappa shape index (κ2) is 12.4. The van der Waals surface area contributed by atoms with Gasteiger partial charge in [-0.15, -0.1) is 0 Å². The third-order valence-electron chi connectivity index (χ3n) is 7.85. The highest BCUT2D eigenvalue weighted by Gasteiger charge is 2.35. The van der Waals surface area contributed by atoms with Crippen molar-refractivity contribution in [3.8, 4) is 5.75 Å². The van der Waals surface area contributed by atoms with E-state index in [0.717, 1.165) is 63.2 Å². The number of nitrogens with one attached hydrogen (secondary N) is 1. The molecule has 7 heteroatoms. The Hall–Kier alpha value is -2.83. The van der Waals surface area contributed by atoms with Crippen molar-refractivity contribution < 1.29 is 14.3 Å². The fraction of sp³-hybridized carbons (Fsp3) is 0.621. The number of nitrogens with zero attached hydrogens (tertiary/aromatic N) is 3. The van der Waals surface area contributed by atoms with Crippen molar-refractivity contribution in [2.24, 2.45) is 5.41 Å². The molecule has 36 heavy (non-hydrogen) atoms. The van der Waals surface area contributed by atoms with Crippen LogP contribution < -0.4 is 10.1 Å². The lowest BCUT2D eigenvalue weighted by molar-refractivity contribution is -0.134. The number of aryl methyl sites for hydroxylation is 2. The molecule has 7 nitrogen and oxygen atoms in total. The molecule has 0 atom stereocenters. The van der Waals surface area contributed by atoms with E-state index < -0.39 is 0 Å². The molecule has 1 fully saturated rings. The number of ether oxygens (including phenoxy) is 1. The van der Waals surface area contributed by atoms with Crippen LogP contribution in [0.25, 0.3) is 0 Å². The monoisotopic (exact) mass is 494 g/mol. The van der Waals surface area contributed by atoms with Gasteiger partial charge in [-0.05, 0) is 55.6 Å². The van der Waals surface area contributed by atoms with Gasteiger partial charge in [0, 0.05) is 57.3 Å². The van der Waals surface area contributed by atoms with Gasteiger partial charge in [-0.2, -0.15) is 0 Å². The fourth-order valence-corrected chi connectivity index (χ4v) is 5.59. The number of hydrogen-bond acceptors (Lipinski definition) is 4. The van der Waals surface area contributed by atoms with Crippen LogP contribution in [0.5, 0.6) is 5.75 Å². The second-order valence-electron chi connectivity index (χ2n) is 10.8. The summed E-state index contributed by atoms with van der Waals surface area (Å²) in [6.07, 6.45) is 11.7. The third kappa shape index (κ3) is 6.89. The first kappa shape index (κ1) is 26.2. The number of carbonyl (C=O) groups is 2. The zero-order valence-electron chi connectivity index (χ0n) is 22.0. The summed E-state index contributed by atoms with van der Waals surface area (Å²) in [6, 6.07) is 8.27. The number of carbonyl (C=O) groups excluding carboxylic acids is 2. The summed E-state index contributed by atoms with van der Waals surface area (Å²) in [6.45, 7) is 7.74. The van der Waals surface area contributed by atoms with Crippen LogP contribution in [0.4, 0.5) is 0 Å². The van der Waals surface area contributed by atoms with Crippen LogP contribution in [0.1, 0.15) is 82.5 Å². The van der Waals surface area contributed by atoms with E-state index >= 15 is 0 Å². The molecule has 196 valence electrons. The molecule has 4 rings (SSSR count). The smallest absolute Gasteiger partial charge is 0.224 e. The second-order valence-corrected chi connectivity index (χ2v) is 10.8. The SMILES string of the molecule is CC(C)c1nccn1CCC(=O)N1CCC2(CCCCc3ccccc3OCCCC(=O)NC2)CC1. The van der Waals surface area contributed by atoms with Gasteiger partial charge in [-0.3, -0.25) is 9.59 Å². The molecule has 1 spiro atoms. The van der Waals surface area contributed by atoms with E-state index in [1.165, 1.54) is 5.56 Å². The summed E-state index contributed by atoms with van der Waals surface area (Å²) in [7, 11) is 0. The van der Waals surface area contributed by atoms with E-state index in [4.69, 9.17) is 4.74 Å². The lowest BCUT2D eigenvalue weighted by Gasteiger charge is -2.42. The summed E-state index contributed by atoms with van der Waals surface area (Å²) >= 11 is 0. The average molecular weight is 495 g/mol. The summed E-state index contributed by atoms with van der Waals surface area (Å²) in [4.78, 5) is 32.0. The first-order valence-electron chi connectivity index (χ1n) is 13.7. The third-order valence-corrected chi connectivity index (χ3v) is 7.85. The maximum atomic E-state index is 13.0. The molecular weight excluding hydrogens is 452 g/mol. The molecule has 2 aliphatic heterocycles. The fourth-order valence-electron chi connectivity index (χ4n) is 5.59. The van der Waals surface area contributed by atoms with E-state index in [1.54, 1.807) is 0 Å². The van der Waals surface area contributed by atoms with Crippen LogP contribution in [-0.2, 0) is 22.6 Å². The number of aromatic nitrogens is 2. The highest BCUT2D eigenvalue weighted by Crippen LogP contribution is 2.37. The Labute approximate surface area is 215 Å². The van der Waals surface area contributed by atoms with E-state index in [-0.39, 0.29) is 17.2 Å². The summed E-state index contributed by atoms with van der Waals surface area (Å²) < 4.78 is 8.07. The predicted octanol–water partition coefficient (Wildman–Crippen LogP) is 4.71. The molecule has 3 heterocycles. The van der Waals surface area contributed by atoms with Crippen LogP contribution >= 0.6 is 0 Å². The Morgan fingerprint density at radius 2 is 1.92 bits per heavy atom. The normalized spacial score (nSPS) is 19.3. The van der Waals surface area contributed by atoms with Crippen molar-refractivity contribution in [2.75, 3.05) is 26.2 Å². The summed E-state index contributed by atoms with van der Waals surface area (Å²) in [5.41, 5.74) is 1.33. The largest absolute Gasteiger partial charge is 0.493 e. The van der Waals surface area contributed by atoms with Gasteiger partial charge >= 0.3 is 0 Å². The van der Waals surface area contributed by atoms with Crippen molar-refractivity contribution in [3.63, 3.8) is 0 Å². The Morgan fingerprint density at radius 1 is 1.11 bits per heavy atom. The minimum Gasteiger partial charge on any atom is -0.493 e. The maximum Gasteiger partial charge on any atom is 0.224 e. The van der Waals surface area contributed by atoms with Gasteiger partial charge < -0.3 is 19.5 Å². The average Bonchev–Trinajstić information content (AvgIpc) is 3.36. The molecule has 1 aromatic carbocycles. The van der Waals surface area contributed by atoms with Gasteiger partial charge in [0.25, 0.3) is 0 Å². The van der Waals surface area contributed by atoms with Crippen LogP contribution in [0.3, 0.4) is 0 Å². The highest BCUT2D eigenvalue weighted by molar-refractivity contribution is 5.76. The number of rotatable bonds is 4. The predicted molar refractivity (Wildman–Crippen MR) is 141 cm³/mol. The maximum absolute atomic E-state index is 13.0. The Bertz CT molecular complexity index is 1010. The van der Waals surface area contributed by atoms with Crippen LogP contribution in [-0.4, -0.2) is 52.5 Å². The van der Waals surface area contributed by atoms with Crippen molar-refractivity contribution in [2.45, 2.75) is 84.1 Å². The molecule has 1 N–H and O–H groups in total. The van der Waals surface area contributed by atoms with E-state index in [1.807, 2.05) is 29.4 Å². The highest BCUT2D eigenvalue weighted by atomic mass is 16.5. The number of benzene rings is 1. The number of likely N-dealkylation sites (tertiary alicyclic amines) is 1. The van der Waals surface area contributed by atoms with Crippen LogP contribution in [0, 0.1) is 5.41 Å². The molecule has 2 aliphatic rings. The molecular formula is C29H42N4O3. The molecule has 0 saturated carbocycles. The van der Waals surface area contributed by atoms with E-state index in [9.17, 15) is 9.59 Å². The quantitative estimate of drug-likeness (QED) is 0.668. The molecule has 0 radical (unpaired) electrons. The van der Waals surface area contributed by atoms with Crippen molar-refractivity contribution >= 4 is 11.8 Å². The first-order chi connectivity index (χ1) is 17.5. The topological polar surface area (TPSA) is 76.5 Å². The van der Waals surface area contributed by atoms with Gasteiger partial charge in [0.05, 0.1) is 6.61 Å². The molecule has 1 saturated heterocycles. The molecule has 0 aliphatic carbocycles. The lowest BCUT2D eigenvalue weighted by atomic mass is 9.74. The van der Waals surface area contributed by atoms with E-state index in [2.05, 4.69) is 40.8 Å². The van der Waals surface area contributed by atoms with Gasteiger partial charge in [-0.25, -0.2) is 4.98 Å².